The number of amides is 1. The number of hydrogen-bond acceptors (Lipinski definition) is 6. The van der Waals surface area contributed by atoms with Crippen LogP contribution >= 0.6 is 0 Å². The largest absolute Gasteiger partial charge is 0.324 e. The maximum absolute atomic E-state index is 12.3. The maximum Gasteiger partial charge on any atom is 0.258 e. The molecule has 7 nitrogen and oxygen atoms in total. The molecule has 0 radical (unpaired) electrons. The van der Waals surface area contributed by atoms with Crippen LogP contribution in [0.2, 0.25) is 0 Å². The molecule has 0 unspecified atom stereocenters. The molecule has 3 aromatic rings. The Labute approximate surface area is 155 Å². The lowest BCUT2D eigenvalue weighted by Crippen LogP contribution is -2.13. The van der Waals surface area contributed by atoms with Crippen molar-refractivity contribution in [1.29, 1.82) is 5.26 Å². The Morgan fingerprint density at radius 2 is 1.67 bits per heavy atom. The molecule has 1 heterocycles. The number of carbonyl (C=O) groups excluding carboxylic acids is 2. The zero-order chi connectivity index (χ0) is 19.2. The monoisotopic (exact) mass is 357 g/mol. The van der Waals surface area contributed by atoms with Gasteiger partial charge in [0.2, 0.25) is 5.95 Å². The molecule has 7 heteroatoms. The van der Waals surface area contributed by atoms with E-state index in [4.69, 9.17) is 5.26 Å². The SMILES string of the molecule is CC(=O)c1cccc(Nc2ncc(C(=O)Nc3cccc(C#N)c3)cn2)c1. The van der Waals surface area contributed by atoms with Gasteiger partial charge < -0.3 is 10.6 Å². The zero-order valence-corrected chi connectivity index (χ0v) is 14.4. The van der Waals surface area contributed by atoms with E-state index < -0.39 is 0 Å². The van der Waals surface area contributed by atoms with Gasteiger partial charge in [0.05, 0.1) is 17.2 Å². The minimum absolute atomic E-state index is 0.0351. The number of ketones is 1. The van der Waals surface area contributed by atoms with Crippen LogP contribution in [0.15, 0.2) is 60.9 Å². The summed E-state index contributed by atoms with van der Waals surface area (Å²) >= 11 is 0. The van der Waals surface area contributed by atoms with Crippen molar-refractivity contribution >= 4 is 29.0 Å². The summed E-state index contributed by atoms with van der Waals surface area (Å²) in [6.45, 7) is 1.50. The summed E-state index contributed by atoms with van der Waals surface area (Å²) in [5.74, 6) is -0.110. The van der Waals surface area contributed by atoms with E-state index in [2.05, 4.69) is 20.6 Å². The third-order valence-corrected chi connectivity index (χ3v) is 3.69. The number of nitrogens with one attached hydrogen (secondary N) is 2. The van der Waals surface area contributed by atoms with Gasteiger partial charge in [-0.3, -0.25) is 9.59 Å². The molecule has 2 aromatic carbocycles. The van der Waals surface area contributed by atoms with Gasteiger partial charge in [0.1, 0.15) is 0 Å². The van der Waals surface area contributed by atoms with E-state index in [9.17, 15) is 9.59 Å². The summed E-state index contributed by atoms with van der Waals surface area (Å²) in [6, 6.07) is 15.6. The predicted molar refractivity (Wildman–Crippen MR) is 101 cm³/mol. The van der Waals surface area contributed by atoms with Crippen molar-refractivity contribution in [3.05, 3.63) is 77.6 Å². The molecular weight excluding hydrogens is 342 g/mol. The van der Waals surface area contributed by atoms with Crippen molar-refractivity contribution in [2.75, 3.05) is 10.6 Å². The number of hydrogen-bond donors (Lipinski definition) is 2. The first-order chi connectivity index (χ1) is 13.0. The highest BCUT2D eigenvalue weighted by atomic mass is 16.1. The molecule has 0 bridgehead atoms. The number of carbonyl (C=O) groups is 2. The first-order valence-electron chi connectivity index (χ1n) is 8.07. The second-order valence-corrected chi connectivity index (χ2v) is 5.70. The molecule has 0 spiro atoms. The average Bonchev–Trinajstić information content (AvgIpc) is 2.69. The van der Waals surface area contributed by atoms with Crippen LogP contribution < -0.4 is 10.6 Å². The topological polar surface area (TPSA) is 108 Å². The van der Waals surface area contributed by atoms with Crippen LogP contribution in [0.25, 0.3) is 0 Å². The minimum Gasteiger partial charge on any atom is -0.324 e. The van der Waals surface area contributed by atoms with E-state index in [1.807, 2.05) is 6.07 Å². The molecule has 1 amide bonds. The van der Waals surface area contributed by atoms with Crippen LogP contribution in [0.1, 0.15) is 33.2 Å². The summed E-state index contributed by atoms with van der Waals surface area (Å²) in [5.41, 5.74) is 2.50. The number of benzene rings is 2. The van der Waals surface area contributed by atoms with Crippen molar-refractivity contribution in [3.63, 3.8) is 0 Å². The van der Waals surface area contributed by atoms with Gasteiger partial charge in [-0.05, 0) is 37.3 Å². The third kappa shape index (κ3) is 4.52. The van der Waals surface area contributed by atoms with Crippen molar-refractivity contribution < 1.29 is 9.59 Å². The molecule has 0 fully saturated rings. The summed E-state index contributed by atoms with van der Waals surface area (Å²) in [4.78, 5) is 32.0. The molecule has 0 atom stereocenters. The Morgan fingerprint density at radius 3 is 2.37 bits per heavy atom. The molecular formula is C20H15N5O2. The standard InChI is InChI=1S/C20H15N5O2/c1-13(26)15-5-3-7-18(9-15)25-20-22-11-16(12-23-20)19(27)24-17-6-2-4-14(8-17)10-21/h2-9,11-12H,1H3,(H,24,27)(H,22,23,25). The molecule has 2 N–H and O–H groups in total. The Morgan fingerprint density at radius 1 is 0.963 bits per heavy atom. The molecule has 0 aliphatic carbocycles. The van der Waals surface area contributed by atoms with Gasteiger partial charge in [-0.15, -0.1) is 0 Å². The highest BCUT2D eigenvalue weighted by Crippen LogP contribution is 2.16. The summed E-state index contributed by atoms with van der Waals surface area (Å²) in [7, 11) is 0. The number of nitriles is 1. The molecule has 27 heavy (non-hydrogen) atoms. The number of anilines is 3. The number of Topliss-reactive ketones (excluding diaryl/α,β-unsaturated/α-hetero) is 1. The highest BCUT2D eigenvalue weighted by molar-refractivity contribution is 6.04. The van der Waals surface area contributed by atoms with Crippen molar-refractivity contribution in [3.8, 4) is 6.07 Å². The number of aromatic nitrogens is 2. The van der Waals surface area contributed by atoms with E-state index in [0.717, 1.165) is 0 Å². The molecule has 0 aliphatic heterocycles. The maximum atomic E-state index is 12.3. The summed E-state index contributed by atoms with van der Waals surface area (Å²) in [5, 5.41) is 14.6. The normalized spacial score (nSPS) is 9.93. The number of rotatable bonds is 5. The Hall–Kier alpha value is -4.05. The molecule has 3 rings (SSSR count). The Balaban J connectivity index is 1.69. The van der Waals surface area contributed by atoms with Gasteiger partial charge in [0, 0.05) is 29.3 Å². The average molecular weight is 357 g/mol. The predicted octanol–water partition coefficient (Wildman–Crippen LogP) is 3.55. The molecule has 132 valence electrons. The summed E-state index contributed by atoms with van der Waals surface area (Å²) < 4.78 is 0. The second-order valence-electron chi connectivity index (χ2n) is 5.70. The quantitative estimate of drug-likeness (QED) is 0.676. The van der Waals surface area contributed by atoms with E-state index in [-0.39, 0.29) is 17.3 Å². The Kier molecular flexibility index (Phi) is 5.19. The number of nitrogens with zero attached hydrogens (tertiary/aromatic N) is 3. The molecule has 0 aliphatic rings. The van der Waals surface area contributed by atoms with Crippen LogP contribution in [0, 0.1) is 11.3 Å². The van der Waals surface area contributed by atoms with Crippen LogP contribution in [0.4, 0.5) is 17.3 Å². The fraction of sp³-hybridized carbons (Fsp3) is 0.0500. The van der Waals surface area contributed by atoms with Gasteiger partial charge in [0.25, 0.3) is 5.91 Å². The van der Waals surface area contributed by atoms with Crippen molar-refractivity contribution in [2.45, 2.75) is 6.92 Å². The van der Waals surface area contributed by atoms with Gasteiger partial charge >= 0.3 is 0 Å². The van der Waals surface area contributed by atoms with Crippen LogP contribution in [0.3, 0.4) is 0 Å². The first kappa shape index (κ1) is 17.8. The molecule has 0 saturated heterocycles. The summed E-state index contributed by atoms with van der Waals surface area (Å²) in [6.07, 6.45) is 2.79. The smallest absolute Gasteiger partial charge is 0.258 e. The van der Waals surface area contributed by atoms with Crippen LogP contribution in [-0.2, 0) is 0 Å². The van der Waals surface area contributed by atoms with Gasteiger partial charge in [-0.1, -0.05) is 18.2 Å². The third-order valence-electron chi connectivity index (χ3n) is 3.69. The molecule has 1 aromatic heterocycles. The van der Waals surface area contributed by atoms with Crippen LogP contribution in [-0.4, -0.2) is 21.7 Å². The van der Waals surface area contributed by atoms with Gasteiger partial charge in [-0.2, -0.15) is 5.26 Å². The van der Waals surface area contributed by atoms with Gasteiger partial charge in [0.15, 0.2) is 5.78 Å². The van der Waals surface area contributed by atoms with E-state index in [1.54, 1.807) is 48.5 Å². The van der Waals surface area contributed by atoms with Crippen molar-refractivity contribution in [2.24, 2.45) is 0 Å². The Bertz CT molecular complexity index is 1040. The zero-order valence-electron chi connectivity index (χ0n) is 14.4. The highest BCUT2D eigenvalue weighted by Gasteiger charge is 2.09. The lowest BCUT2D eigenvalue weighted by Gasteiger charge is -2.07. The fourth-order valence-corrected chi connectivity index (χ4v) is 2.32. The minimum atomic E-state index is -0.379. The van der Waals surface area contributed by atoms with E-state index in [1.165, 1.54) is 19.3 Å². The van der Waals surface area contributed by atoms with E-state index in [0.29, 0.717) is 28.5 Å². The second kappa shape index (κ2) is 7.89. The fourth-order valence-electron chi connectivity index (χ4n) is 2.32. The van der Waals surface area contributed by atoms with Crippen LogP contribution in [0.5, 0.6) is 0 Å². The van der Waals surface area contributed by atoms with E-state index >= 15 is 0 Å². The van der Waals surface area contributed by atoms with Crippen molar-refractivity contribution in [1.82, 2.24) is 9.97 Å². The van der Waals surface area contributed by atoms with Gasteiger partial charge in [-0.25, -0.2) is 9.97 Å². The lowest BCUT2D eigenvalue weighted by molar-refractivity contribution is 0.101. The molecule has 0 saturated carbocycles. The lowest BCUT2D eigenvalue weighted by atomic mass is 10.1. The first-order valence-corrected chi connectivity index (χ1v) is 8.07.